The first-order valence-corrected chi connectivity index (χ1v) is 6.81. The fraction of sp³-hybridized carbons (Fsp3) is 1.00. The summed E-state index contributed by atoms with van der Waals surface area (Å²) >= 11 is 0. The van der Waals surface area contributed by atoms with Crippen LogP contribution in [0.15, 0.2) is 0 Å². The highest BCUT2D eigenvalue weighted by atomic mass is 16.5. The monoisotopic (exact) mass is 228 g/mol. The molecule has 16 heavy (non-hydrogen) atoms. The Balaban J connectivity index is 0.000000160. The molecule has 2 heteroatoms. The summed E-state index contributed by atoms with van der Waals surface area (Å²) in [4.78, 5) is 0. The third-order valence-corrected chi connectivity index (χ3v) is 4.63. The van der Waals surface area contributed by atoms with Gasteiger partial charge in [0, 0.05) is 10.8 Å². The van der Waals surface area contributed by atoms with Crippen LogP contribution in [0.25, 0.3) is 0 Å². The Bertz CT molecular complexity index is 144. The molecule has 2 aliphatic rings. The van der Waals surface area contributed by atoms with Gasteiger partial charge in [0.25, 0.3) is 0 Å². The lowest BCUT2D eigenvalue weighted by Crippen LogP contribution is -2.41. The summed E-state index contributed by atoms with van der Waals surface area (Å²) in [7, 11) is 0. The largest absolute Gasteiger partial charge is 0.380 e. The van der Waals surface area contributed by atoms with Crippen LogP contribution < -0.4 is 0 Å². The van der Waals surface area contributed by atoms with Crippen molar-refractivity contribution in [2.45, 2.75) is 53.4 Å². The van der Waals surface area contributed by atoms with Gasteiger partial charge in [-0.25, -0.2) is 0 Å². The molecular formula is C14H28O2. The molecule has 0 saturated carbocycles. The molecule has 0 aromatic rings. The van der Waals surface area contributed by atoms with Crippen LogP contribution in [0.4, 0.5) is 0 Å². The predicted octanol–water partition coefficient (Wildman–Crippen LogP) is 3.65. The molecule has 2 rings (SSSR count). The molecule has 0 atom stereocenters. The molecule has 0 bridgehead atoms. The van der Waals surface area contributed by atoms with Crippen molar-refractivity contribution in [3.8, 4) is 0 Å². The van der Waals surface area contributed by atoms with Gasteiger partial charge in [-0.15, -0.1) is 0 Å². The quantitative estimate of drug-likeness (QED) is 0.731. The molecule has 2 fully saturated rings. The van der Waals surface area contributed by atoms with E-state index in [0.717, 1.165) is 26.4 Å². The van der Waals surface area contributed by atoms with E-state index in [1.807, 2.05) is 0 Å². The van der Waals surface area contributed by atoms with Crippen LogP contribution in [0.5, 0.6) is 0 Å². The maximum absolute atomic E-state index is 5.12. The Morgan fingerprint density at radius 2 is 0.875 bits per heavy atom. The summed E-state index contributed by atoms with van der Waals surface area (Å²) in [6.07, 6.45) is 5.12. The topological polar surface area (TPSA) is 18.5 Å². The molecule has 0 aliphatic carbocycles. The maximum atomic E-state index is 5.12. The van der Waals surface area contributed by atoms with Gasteiger partial charge in [0.05, 0.1) is 26.4 Å². The molecular weight excluding hydrogens is 200 g/mol. The summed E-state index contributed by atoms with van der Waals surface area (Å²) in [5.74, 6) is 0. The molecule has 2 aliphatic heterocycles. The first-order valence-electron chi connectivity index (χ1n) is 6.81. The van der Waals surface area contributed by atoms with Gasteiger partial charge >= 0.3 is 0 Å². The molecule has 0 aromatic heterocycles. The lowest BCUT2D eigenvalue weighted by Gasteiger charge is -2.39. The zero-order chi connectivity index (χ0) is 12.1. The summed E-state index contributed by atoms with van der Waals surface area (Å²) in [6, 6.07) is 0. The van der Waals surface area contributed by atoms with E-state index in [1.54, 1.807) is 0 Å². The second-order valence-corrected chi connectivity index (χ2v) is 5.40. The van der Waals surface area contributed by atoms with Gasteiger partial charge in [-0.1, -0.05) is 27.7 Å². The highest BCUT2D eigenvalue weighted by Gasteiger charge is 2.34. The lowest BCUT2D eigenvalue weighted by molar-refractivity contribution is -0.116. The minimum absolute atomic E-state index is 0.583. The molecule has 2 saturated heterocycles. The number of rotatable bonds is 4. The fourth-order valence-electron chi connectivity index (χ4n) is 2.10. The normalized spacial score (nSPS) is 24.8. The average molecular weight is 228 g/mol. The van der Waals surface area contributed by atoms with Crippen molar-refractivity contribution in [2.24, 2.45) is 10.8 Å². The van der Waals surface area contributed by atoms with E-state index >= 15 is 0 Å². The van der Waals surface area contributed by atoms with E-state index in [9.17, 15) is 0 Å². The van der Waals surface area contributed by atoms with Crippen molar-refractivity contribution in [1.29, 1.82) is 0 Å². The SMILES string of the molecule is CCC1(CC)COC1.CCC1(CC)COC1. The van der Waals surface area contributed by atoms with Crippen LogP contribution in [0, 0.1) is 10.8 Å². The van der Waals surface area contributed by atoms with Crippen molar-refractivity contribution in [3.05, 3.63) is 0 Å². The van der Waals surface area contributed by atoms with Crippen molar-refractivity contribution < 1.29 is 9.47 Å². The number of ether oxygens (including phenoxy) is 2. The van der Waals surface area contributed by atoms with E-state index < -0.39 is 0 Å². The van der Waals surface area contributed by atoms with E-state index in [-0.39, 0.29) is 0 Å². The summed E-state index contributed by atoms with van der Waals surface area (Å²) in [6.45, 7) is 13.0. The number of hydrogen-bond donors (Lipinski definition) is 0. The van der Waals surface area contributed by atoms with Crippen molar-refractivity contribution in [3.63, 3.8) is 0 Å². The fourth-order valence-corrected chi connectivity index (χ4v) is 2.10. The van der Waals surface area contributed by atoms with Crippen molar-refractivity contribution >= 4 is 0 Å². The van der Waals surface area contributed by atoms with Crippen LogP contribution in [0.1, 0.15) is 53.4 Å². The Kier molecular flexibility index (Phi) is 5.26. The molecule has 0 radical (unpaired) electrons. The van der Waals surface area contributed by atoms with Crippen molar-refractivity contribution in [2.75, 3.05) is 26.4 Å². The summed E-state index contributed by atoms with van der Waals surface area (Å²) in [5.41, 5.74) is 1.17. The van der Waals surface area contributed by atoms with Crippen LogP contribution in [-0.4, -0.2) is 26.4 Å². The van der Waals surface area contributed by atoms with E-state index in [2.05, 4.69) is 27.7 Å². The van der Waals surface area contributed by atoms with E-state index in [1.165, 1.54) is 25.7 Å². The van der Waals surface area contributed by atoms with Gasteiger partial charge < -0.3 is 9.47 Å². The molecule has 2 nitrogen and oxygen atoms in total. The molecule has 96 valence electrons. The summed E-state index contributed by atoms with van der Waals surface area (Å²) in [5, 5.41) is 0. The average Bonchev–Trinajstić information content (AvgIpc) is 2.19. The highest BCUT2D eigenvalue weighted by molar-refractivity contribution is 4.82. The van der Waals surface area contributed by atoms with Gasteiger partial charge in [0.15, 0.2) is 0 Å². The van der Waals surface area contributed by atoms with Gasteiger partial charge in [0.2, 0.25) is 0 Å². The van der Waals surface area contributed by atoms with Crippen LogP contribution in [0.2, 0.25) is 0 Å². The van der Waals surface area contributed by atoms with Crippen LogP contribution in [0.3, 0.4) is 0 Å². The molecule has 0 unspecified atom stereocenters. The van der Waals surface area contributed by atoms with Crippen molar-refractivity contribution in [1.82, 2.24) is 0 Å². The van der Waals surface area contributed by atoms with Crippen LogP contribution in [-0.2, 0) is 9.47 Å². The third kappa shape index (κ3) is 2.98. The Morgan fingerprint density at radius 1 is 0.625 bits per heavy atom. The standard InChI is InChI=1S/2C7H14O/c2*1-3-7(4-2)5-8-6-7/h2*3-6H2,1-2H3. The van der Waals surface area contributed by atoms with Gasteiger partial charge in [0.1, 0.15) is 0 Å². The van der Waals surface area contributed by atoms with Gasteiger partial charge in [-0.05, 0) is 25.7 Å². The molecule has 0 amide bonds. The first kappa shape index (κ1) is 14.0. The molecule has 2 heterocycles. The summed E-state index contributed by atoms with van der Waals surface area (Å²) < 4.78 is 10.2. The minimum Gasteiger partial charge on any atom is -0.380 e. The van der Waals surface area contributed by atoms with Gasteiger partial charge in [-0.2, -0.15) is 0 Å². The minimum atomic E-state index is 0.583. The Hall–Kier alpha value is -0.0800. The first-order chi connectivity index (χ1) is 7.66. The second kappa shape index (κ2) is 6.02. The highest BCUT2D eigenvalue weighted by Crippen LogP contribution is 2.34. The van der Waals surface area contributed by atoms with Crippen LogP contribution >= 0.6 is 0 Å². The third-order valence-electron chi connectivity index (χ3n) is 4.63. The van der Waals surface area contributed by atoms with E-state index in [4.69, 9.17) is 9.47 Å². The number of hydrogen-bond acceptors (Lipinski definition) is 2. The Morgan fingerprint density at radius 3 is 0.875 bits per heavy atom. The second-order valence-electron chi connectivity index (χ2n) is 5.40. The maximum Gasteiger partial charge on any atom is 0.0544 e. The van der Waals surface area contributed by atoms with E-state index in [0.29, 0.717) is 10.8 Å². The molecule has 0 spiro atoms. The molecule has 0 aromatic carbocycles. The Labute approximate surface area is 101 Å². The zero-order valence-electron chi connectivity index (χ0n) is 11.5. The molecule has 0 N–H and O–H groups in total. The van der Waals surface area contributed by atoms with Gasteiger partial charge in [-0.3, -0.25) is 0 Å². The predicted molar refractivity (Wildman–Crippen MR) is 67.7 cm³/mol. The lowest BCUT2D eigenvalue weighted by atomic mass is 9.81. The zero-order valence-corrected chi connectivity index (χ0v) is 11.5. The smallest absolute Gasteiger partial charge is 0.0544 e.